The van der Waals surface area contributed by atoms with Gasteiger partial charge >= 0.3 is 0 Å². The number of likely N-dealkylation sites (tertiary alicyclic amines) is 1. The van der Waals surface area contributed by atoms with Crippen molar-refractivity contribution in [3.8, 4) is 0 Å². The van der Waals surface area contributed by atoms with Gasteiger partial charge in [-0.25, -0.2) is 9.07 Å². The molecule has 3 heterocycles. The van der Waals surface area contributed by atoms with Gasteiger partial charge < -0.3 is 4.98 Å². The molecule has 0 radical (unpaired) electrons. The highest BCUT2D eigenvalue weighted by Gasteiger charge is 2.32. The second kappa shape index (κ2) is 8.86. The van der Waals surface area contributed by atoms with Crippen molar-refractivity contribution in [2.45, 2.75) is 39.3 Å². The summed E-state index contributed by atoms with van der Waals surface area (Å²) in [6, 6.07) is 14.0. The first-order chi connectivity index (χ1) is 16.0. The van der Waals surface area contributed by atoms with Crippen molar-refractivity contribution in [2.24, 2.45) is 5.92 Å². The number of aromatic amines is 1. The standard InChI is InChI=1S/C25H27FN6O/c1-16-9-11-31(12-10-16)23(21-14-19-6-3-17(2)13-22(19)27-25(21)33)24-28-29-30-32(24)15-18-4-7-20(26)8-5-18/h3-8,13-14,16,23H,9-12,15H2,1-2H3,(H,27,33). The summed E-state index contributed by atoms with van der Waals surface area (Å²) in [4.78, 5) is 18.7. The van der Waals surface area contributed by atoms with E-state index in [4.69, 9.17) is 0 Å². The highest BCUT2D eigenvalue weighted by Crippen LogP contribution is 2.31. The predicted molar refractivity (Wildman–Crippen MR) is 124 cm³/mol. The van der Waals surface area contributed by atoms with E-state index in [2.05, 4.69) is 32.3 Å². The number of nitrogens with zero attached hydrogens (tertiary/aromatic N) is 5. The van der Waals surface area contributed by atoms with Crippen LogP contribution in [0.25, 0.3) is 10.9 Å². The topological polar surface area (TPSA) is 79.7 Å². The van der Waals surface area contributed by atoms with E-state index < -0.39 is 0 Å². The number of pyridine rings is 1. The lowest BCUT2D eigenvalue weighted by atomic mass is 9.95. The molecule has 0 amide bonds. The lowest BCUT2D eigenvalue weighted by Crippen LogP contribution is -2.40. The first-order valence-electron chi connectivity index (χ1n) is 11.4. The van der Waals surface area contributed by atoms with Gasteiger partial charge in [0.05, 0.1) is 6.54 Å². The SMILES string of the molecule is Cc1ccc2cc(C(c3nnnn3Cc3ccc(F)cc3)N3CCC(C)CC3)c(=O)[nH]c2c1. The maximum Gasteiger partial charge on any atom is 0.253 e. The van der Waals surface area contributed by atoms with E-state index in [0.717, 1.165) is 48.0 Å². The van der Waals surface area contributed by atoms with Crippen LogP contribution in [0.15, 0.2) is 53.3 Å². The maximum atomic E-state index is 13.4. The third-order valence-electron chi connectivity index (χ3n) is 6.56. The van der Waals surface area contributed by atoms with Crippen LogP contribution in [0.4, 0.5) is 4.39 Å². The Balaban J connectivity index is 1.60. The molecule has 5 rings (SSSR count). The van der Waals surface area contributed by atoms with Crippen LogP contribution in [0.3, 0.4) is 0 Å². The molecule has 0 saturated carbocycles. The number of nitrogens with one attached hydrogen (secondary N) is 1. The molecule has 8 heteroatoms. The van der Waals surface area contributed by atoms with Gasteiger partial charge in [-0.05, 0) is 90.0 Å². The van der Waals surface area contributed by atoms with Gasteiger partial charge in [0.2, 0.25) is 0 Å². The first kappa shape index (κ1) is 21.5. The van der Waals surface area contributed by atoms with Gasteiger partial charge in [-0.3, -0.25) is 9.69 Å². The van der Waals surface area contributed by atoms with E-state index in [1.54, 1.807) is 16.8 Å². The van der Waals surface area contributed by atoms with E-state index in [1.807, 2.05) is 31.2 Å². The van der Waals surface area contributed by atoms with Crippen molar-refractivity contribution in [3.05, 3.63) is 87.2 Å². The molecule has 1 aliphatic rings. The summed E-state index contributed by atoms with van der Waals surface area (Å²) >= 11 is 0. The van der Waals surface area contributed by atoms with E-state index >= 15 is 0 Å². The normalized spacial score (nSPS) is 16.3. The van der Waals surface area contributed by atoms with Gasteiger partial charge in [0.25, 0.3) is 5.56 Å². The maximum absolute atomic E-state index is 13.4. The van der Waals surface area contributed by atoms with Crippen LogP contribution in [0.5, 0.6) is 0 Å². The molecule has 1 aliphatic heterocycles. The fourth-order valence-electron chi connectivity index (χ4n) is 4.60. The Morgan fingerprint density at radius 3 is 2.64 bits per heavy atom. The molecular formula is C25H27FN6O. The number of aryl methyl sites for hydroxylation is 1. The zero-order valence-corrected chi connectivity index (χ0v) is 18.8. The van der Waals surface area contributed by atoms with Crippen molar-refractivity contribution in [3.63, 3.8) is 0 Å². The minimum atomic E-state index is -0.373. The molecule has 2 aromatic carbocycles. The lowest BCUT2D eigenvalue weighted by molar-refractivity contribution is 0.149. The molecule has 7 nitrogen and oxygen atoms in total. The van der Waals surface area contributed by atoms with Crippen LogP contribution in [0.2, 0.25) is 0 Å². The van der Waals surface area contributed by atoms with Crippen LogP contribution >= 0.6 is 0 Å². The summed E-state index contributed by atoms with van der Waals surface area (Å²) in [5.74, 6) is 0.981. The summed E-state index contributed by atoms with van der Waals surface area (Å²) in [6.45, 7) is 6.39. The number of tetrazole rings is 1. The quantitative estimate of drug-likeness (QED) is 0.504. The number of aromatic nitrogens is 5. The van der Waals surface area contributed by atoms with Gasteiger partial charge in [0, 0.05) is 11.1 Å². The molecule has 0 spiro atoms. The molecule has 2 aromatic heterocycles. The summed E-state index contributed by atoms with van der Waals surface area (Å²) in [5, 5.41) is 13.5. The molecule has 1 saturated heterocycles. The minimum Gasteiger partial charge on any atom is -0.322 e. The number of halogens is 1. The molecule has 0 bridgehead atoms. The van der Waals surface area contributed by atoms with Crippen LogP contribution in [0, 0.1) is 18.7 Å². The third-order valence-corrected chi connectivity index (χ3v) is 6.56. The summed E-state index contributed by atoms with van der Waals surface area (Å²) < 4.78 is 15.1. The van der Waals surface area contributed by atoms with Crippen LogP contribution < -0.4 is 5.56 Å². The molecule has 1 fully saturated rings. The summed E-state index contributed by atoms with van der Waals surface area (Å²) in [5.41, 5.74) is 3.30. The molecule has 1 N–H and O–H groups in total. The fraction of sp³-hybridized carbons (Fsp3) is 0.360. The smallest absolute Gasteiger partial charge is 0.253 e. The predicted octanol–water partition coefficient (Wildman–Crippen LogP) is 3.83. The van der Waals surface area contributed by atoms with Gasteiger partial charge in [-0.1, -0.05) is 31.2 Å². The van der Waals surface area contributed by atoms with E-state index in [1.165, 1.54) is 12.1 Å². The Hall–Kier alpha value is -3.39. The third kappa shape index (κ3) is 4.43. The van der Waals surface area contributed by atoms with Gasteiger partial charge in [0.1, 0.15) is 11.9 Å². The number of H-pyrrole nitrogens is 1. The van der Waals surface area contributed by atoms with Gasteiger partial charge in [0.15, 0.2) is 5.82 Å². The second-order valence-corrected chi connectivity index (χ2v) is 9.09. The summed E-state index contributed by atoms with van der Waals surface area (Å²) in [6.07, 6.45) is 2.11. The highest BCUT2D eigenvalue weighted by atomic mass is 19.1. The van der Waals surface area contributed by atoms with Crippen molar-refractivity contribution in [1.82, 2.24) is 30.1 Å². The fourth-order valence-corrected chi connectivity index (χ4v) is 4.60. The van der Waals surface area contributed by atoms with E-state index in [0.29, 0.717) is 23.9 Å². The average molecular weight is 447 g/mol. The monoisotopic (exact) mass is 446 g/mol. The number of rotatable bonds is 5. The lowest BCUT2D eigenvalue weighted by Gasteiger charge is -2.35. The van der Waals surface area contributed by atoms with Crippen LogP contribution in [-0.4, -0.2) is 43.2 Å². The molecule has 0 aliphatic carbocycles. The van der Waals surface area contributed by atoms with Crippen molar-refractivity contribution >= 4 is 10.9 Å². The number of fused-ring (bicyclic) bond motifs is 1. The Labute approximate surface area is 191 Å². The molecule has 33 heavy (non-hydrogen) atoms. The Bertz CT molecular complexity index is 1320. The van der Waals surface area contributed by atoms with Crippen molar-refractivity contribution < 1.29 is 4.39 Å². The van der Waals surface area contributed by atoms with Crippen molar-refractivity contribution in [1.29, 1.82) is 0 Å². The summed E-state index contributed by atoms with van der Waals surface area (Å²) in [7, 11) is 0. The number of benzene rings is 2. The first-order valence-corrected chi connectivity index (χ1v) is 11.4. The zero-order chi connectivity index (χ0) is 22.9. The van der Waals surface area contributed by atoms with E-state index in [9.17, 15) is 9.18 Å². The number of hydrogen-bond acceptors (Lipinski definition) is 5. The Kier molecular flexibility index (Phi) is 5.76. The molecule has 1 atom stereocenters. The van der Waals surface area contributed by atoms with Crippen LogP contribution in [0.1, 0.15) is 48.3 Å². The Morgan fingerprint density at radius 2 is 1.88 bits per heavy atom. The average Bonchev–Trinajstić information content (AvgIpc) is 3.25. The van der Waals surface area contributed by atoms with Crippen molar-refractivity contribution in [2.75, 3.05) is 13.1 Å². The van der Waals surface area contributed by atoms with E-state index in [-0.39, 0.29) is 17.4 Å². The van der Waals surface area contributed by atoms with Gasteiger partial charge in [-0.15, -0.1) is 5.10 Å². The molecule has 1 unspecified atom stereocenters. The largest absolute Gasteiger partial charge is 0.322 e. The van der Waals surface area contributed by atoms with Crippen LogP contribution in [-0.2, 0) is 6.54 Å². The minimum absolute atomic E-state index is 0.131. The Morgan fingerprint density at radius 1 is 1.12 bits per heavy atom. The molecular weight excluding hydrogens is 419 g/mol. The number of piperidine rings is 1. The number of hydrogen-bond donors (Lipinski definition) is 1. The molecule has 4 aromatic rings. The highest BCUT2D eigenvalue weighted by molar-refractivity contribution is 5.79. The zero-order valence-electron chi connectivity index (χ0n) is 18.8. The molecule has 170 valence electrons. The second-order valence-electron chi connectivity index (χ2n) is 9.09. The van der Waals surface area contributed by atoms with Gasteiger partial charge in [-0.2, -0.15) is 0 Å².